The summed E-state index contributed by atoms with van der Waals surface area (Å²) >= 11 is 0. The van der Waals surface area contributed by atoms with E-state index in [-0.39, 0.29) is 19.4 Å². The molecule has 9 heteroatoms. The standard InChI is InChI=1S/C25H29N3O6/c1-3-10-20(24(31)32)27-22(29)17(2)26-23(30)21(15-18-11-6-4-7-12-18)28-25(33)34-16-19-13-8-5-9-14-19/h3-9,11-14,17,20-21H,1,10,15-16H2,2H3,(H,26,30)(H,27,29)(H,28,33)(H,31,32)/t17-,20?,21-/m0/s1. The number of carboxylic acid groups (broad SMARTS) is 1. The fourth-order valence-corrected chi connectivity index (χ4v) is 3.03. The molecule has 4 N–H and O–H groups in total. The quantitative estimate of drug-likeness (QED) is 0.354. The molecule has 0 aromatic heterocycles. The van der Waals surface area contributed by atoms with Crippen LogP contribution in [0.2, 0.25) is 0 Å². The molecule has 0 heterocycles. The van der Waals surface area contributed by atoms with Crippen molar-refractivity contribution in [1.82, 2.24) is 16.0 Å². The molecule has 0 aliphatic heterocycles. The van der Waals surface area contributed by atoms with Gasteiger partial charge in [-0.15, -0.1) is 6.58 Å². The highest BCUT2D eigenvalue weighted by atomic mass is 16.5. The number of amides is 3. The van der Waals surface area contributed by atoms with Gasteiger partial charge in [-0.05, 0) is 24.5 Å². The fourth-order valence-electron chi connectivity index (χ4n) is 3.03. The van der Waals surface area contributed by atoms with E-state index < -0.39 is 42.0 Å². The number of carboxylic acids is 1. The molecule has 0 spiro atoms. The maximum absolute atomic E-state index is 12.9. The summed E-state index contributed by atoms with van der Waals surface area (Å²) in [5.41, 5.74) is 1.58. The van der Waals surface area contributed by atoms with Crippen molar-refractivity contribution in [3.8, 4) is 0 Å². The van der Waals surface area contributed by atoms with Crippen LogP contribution in [0.5, 0.6) is 0 Å². The summed E-state index contributed by atoms with van der Waals surface area (Å²) in [5.74, 6) is -2.50. The van der Waals surface area contributed by atoms with Crippen LogP contribution in [0.4, 0.5) is 4.79 Å². The Morgan fingerprint density at radius 3 is 2.03 bits per heavy atom. The van der Waals surface area contributed by atoms with E-state index in [1.807, 2.05) is 24.3 Å². The van der Waals surface area contributed by atoms with Crippen molar-refractivity contribution in [3.63, 3.8) is 0 Å². The summed E-state index contributed by atoms with van der Waals surface area (Å²) in [6.07, 6.45) is 0.792. The van der Waals surface area contributed by atoms with Crippen LogP contribution in [0, 0.1) is 0 Å². The number of carbonyl (C=O) groups excluding carboxylic acids is 3. The van der Waals surface area contributed by atoms with E-state index >= 15 is 0 Å². The molecule has 0 bridgehead atoms. The van der Waals surface area contributed by atoms with Gasteiger partial charge in [-0.3, -0.25) is 9.59 Å². The second-order valence-corrected chi connectivity index (χ2v) is 7.60. The van der Waals surface area contributed by atoms with Gasteiger partial charge in [0.1, 0.15) is 24.7 Å². The van der Waals surface area contributed by atoms with Crippen LogP contribution in [-0.4, -0.2) is 47.1 Å². The summed E-state index contributed by atoms with van der Waals surface area (Å²) < 4.78 is 5.22. The number of aliphatic carboxylic acids is 1. The minimum absolute atomic E-state index is 0.0328. The predicted molar refractivity (Wildman–Crippen MR) is 126 cm³/mol. The van der Waals surface area contributed by atoms with Gasteiger partial charge in [-0.1, -0.05) is 66.7 Å². The van der Waals surface area contributed by atoms with Crippen molar-refractivity contribution < 1.29 is 29.0 Å². The zero-order chi connectivity index (χ0) is 24.9. The first-order valence-electron chi connectivity index (χ1n) is 10.8. The Kier molecular flexibility index (Phi) is 10.3. The maximum atomic E-state index is 12.9. The van der Waals surface area contributed by atoms with E-state index in [2.05, 4.69) is 22.5 Å². The molecule has 0 aliphatic rings. The molecule has 9 nitrogen and oxygen atoms in total. The first-order valence-corrected chi connectivity index (χ1v) is 10.8. The van der Waals surface area contributed by atoms with E-state index in [1.165, 1.54) is 13.0 Å². The van der Waals surface area contributed by atoms with Crippen LogP contribution in [0.3, 0.4) is 0 Å². The van der Waals surface area contributed by atoms with Crippen LogP contribution in [-0.2, 0) is 32.1 Å². The van der Waals surface area contributed by atoms with Crippen LogP contribution in [0.15, 0.2) is 73.3 Å². The molecule has 2 rings (SSSR count). The Labute approximate surface area is 198 Å². The molecule has 0 aliphatic carbocycles. The van der Waals surface area contributed by atoms with Gasteiger partial charge < -0.3 is 25.8 Å². The number of hydrogen-bond donors (Lipinski definition) is 4. The highest BCUT2D eigenvalue weighted by Crippen LogP contribution is 2.06. The maximum Gasteiger partial charge on any atom is 0.408 e. The number of rotatable bonds is 12. The molecule has 3 atom stereocenters. The molecule has 0 radical (unpaired) electrons. The predicted octanol–water partition coefficient (Wildman–Crippen LogP) is 2.17. The number of nitrogens with one attached hydrogen (secondary N) is 3. The Morgan fingerprint density at radius 1 is 0.882 bits per heavy atom. The van der Waals surface area contributed by atoms with Crippen molar-refractivity contribution in [2.75, 3.05) is 0 Å². The van der Waals surface area contributed by atoms with Crippen molar-refractivity contribution in [1.29, 1.82) is 0 Å². The van der Waals surface area contributed by atoms with Crippen LogP contribution in [0.25, 0.3) is 0 Å². The second kappa shape index (κ2) is 13.4. The van der Waals surface area contributed by atoms with Gasteiger partial charge in [0.05, 0.1) is 0 Å². The third-order valence-corrected chi connectivity index (χ3v) is 4.87. The third-order valence-electron chi connectivity index (χ3n) is 4.87. The molecular weight excluding hydrogens is 438 g/mol. The van der Waals surface area contributed by atoms with Gasteiger partial charge in [-0.2, -0.15) is 0 Å². The molecule has 2 aromatic rings. The number of alkyl carbamates (subject to hydrolysis) is 1. The lowest BCUT2D eigenvalue weighted by atomic mass is 10.0. The Balaban J connectivity index is 2.02. The lowest BCUT2D eigenvalue weighted by Gasteiger charge is -2.22. The van der Waals surface area contributed by atoms with Crippen LogP contribution in [0.1, 0.15) is 24.5 Å². The minimum Gasteiger partial charge on any atom is -0.480 e. The number of hydrogen-bond acceptors (Lipinski definition) is 5. The summed E-state index contributed by atoms with van der Waals surface area (Å²) in [6, 6.07) is 14.9. The Morgan fingerprint density at radius 2 is 1.47 bits per heavy atom. The topological polar surface area (TPSA) is 134 Å². The number of ether oxygens (including phenoxy) is 1. The first kappa shape index (κ1) is 26.1. The van der Waals surface area contributed by atoms with E-state index in [9.17, 15) is 24.3 Å². The zero-order valence-corrected chi connectivity index (χ0v) is 18.9. The summed E-state index contributed by atoms with van der Waals surface area (Å²) in [7, 11) is 0. The van der Waals surface area contributed by atoms with E-state index in [1.54, 1.807) is 36.4 Å². The Hall–Kier alpha value is -4.14. The normalized spacial score (nSPS) is 13.0. The lowest BCUT2D eigenvalue weighted by molar-refractivity contribution is -0.142. The lowest BCUT2D eigenvalue weighted by Crippen LogP contribution is -2.55. The summed E-state index contributed by atoms with van der Waals surface area (Å²) in [5, 5.41) is 16.6. The molecule has 3 amide bonds. The minimum atomic E-state index is -1.21. The zero-order valence-electron chi connectivity index (χ0n) is 18.9. The van der Waals surface area contributed by atoms with E-state index in [0.717, 1.165) is 11.1 Å². The average molecular weight is 468 g/mol. The smallest absolute Gasteiger partial charge is 0.408 e. The molecule has 0 fully saturated rings. The van der Waals surface area contributed by atoms with Crippen LogP contribution < -0.4 is 16.0 Å². The number of carbonyl (C=O) groups is 4. The van der Waals surface area contributed by atoms with Gasteiger partial charge in [0.15, 0.2) is 0 Å². The first-order chi connectivity index (χ1) is 16.3. The van der Waals surface area contributed by atoms with Crippen LogP contribution >= 0.6 is 0 Å². The molecule has 0 saturated carbocycles. The SMILES string of the molecule is C=CCC(NC(=O)[C@H](C)NC(=O)[C@H](Cc1ccccc1)NC(=O)OCc1ccccc1)C(=O)O. The molecule has 2 aromatic carbocycles. The van der Waals surface area contributed by atoms with E-state index in [0.29, 0.717) is 0 Å². The molecule has 180 valence electrons. The van der Waals surface area contributed by atoms with Gasteiger partial charge in [0.25, 0.3) is 0 Å². The van der Waals surface area contributed by atoms with Gasteiger partial charge >= 0.3 is 12.1 Å². The highest BCUT2D eigenvalue weighted by Gasteiger charge is 2.27. The monoisotopic (exact) mass is 467 g/mol. The molecule has 0 saturated heterocycles. The van der Waals surface area contributed by atoms with Gasteiger partial charge in [-0.25, -0.2) is 9.59 Å². The van der Waals surface area contributed by atoms with Crippen molar-refractivity contribution >= 4 is 23.9 Å². The van der Waals surface area contributed by atoms with Gasteiger partial charge in [0.2, 0.25) is 11.8 Å². The Bertz CT molecular complexity index is 981. The summed E-state index contributed by atoms with van der Waals surface area (Å²) in [6.45, 7) is 4.93. The fraction of sp³-hybridized carbons (Fsp3) is 0.280. The van der Waals surface area contributed by atoms with E-state index in [4.69, 9.17) is 4.74 Å². The highest BCUT2D eigenvalue weighted by molar-refractivity contribution is 5.92. The largest absolute Gasteiger partial charge is 0.480 e. The third kappa shape index (κ3) is 8.78. The summed E-state index contributed by atoms with van der Waals surface area (Å²) in [4.78, 5) is 48.9. The van der Waals surface area contributed by atoms with Crippen molar-refractivity contribution in [2.24, 2.45) is 0 Å². The number of benzene rings is 2. The molecule has 1 unspecified atom stereocenters. The molecular formula is C25H29N3O6. The van der Waals surface area contributed by atoms with Crippen molar-refractivity contribution in [2.45, 2.75) is 44.5 Å². The van der Waals surface area contributed by atoms with Gasteiger partial charge in [0, 0.05) is 6.42 Å². The molecule has 34 heavy (non-hydrogen) atoms. The van der Waals surface area contributed by atoms with Crippen molar-refractivity contribution in [3.05, 3.63) is 84.4 Å². The second-order valence-electron chi connectivity index (χ2n) is 7.60. The average Bonchev–Trinajstić information content (AvgIpc) is 2.83.